The standard InChI is InChI=1S/C14H24N4O2/c1-3-8-18(12-4-6-15-7-5-12)10-13(19)16-14-9-11(2)17-20-14/h9,12,15H,3-8,10H2,1-2H3,(H,16,19). The van der Waals surface area contributed by atoms with Crippen LogP contribution in [0.15, 0.2) is 10.6 Å². The van der Waals surface area contributed by atoms with Gasteiger partial charge in [-0.25, -0.2) is 0 Å². The van der Waals surface area contributed by atoms with E-state index in [1.165, 1.54) is 0 Å². The maximum Gasteiger partial charge on any atom is 0.240 e. The van der Waals surface area contributed by atoms with Gasteiger partial charge in [-0.3, -0.25) is 15.0 Å². The summed E-state index contributed by atoms with van der Waals surface area (Å²) in [5.74, 6) is 0.391. The van der Waals surface area contributed by atoms with Crippen LogP contribution in [-0.4, -0.2) is 48.2 Å². The van der Waals surface area contributed by atoms with Crippen LogP contribution in [0.4, 0.5) is 5.88 Å². The number of amides is 1. The maximum absolute atomic E-state index is 12.1. The Morgan fingerprint density at radius 1 is 1.55 bits per heavy atom. The van der Waals surface area contributed by atoms with Crippen LogP contribution < -0.4 is 10.6 Å². The van der Waals surface area contributed by atoms with Crippen LogP contribution in [0.1, 0.15) is 31.9 Å². The third-order valence-electron chi connectivity index (χ3n) is 3.57. The molecule has 2 heterocycles. The molecular weight excluding hydrogens is 256 g/mol. The number of piperidine rings is 1. The van der Waals surface area contributed by atoms with Gasteiger partial charge in [-0.05, 0) is 45.8 Å². The number of hydrogen-bond donors (Lipinski definition) is 2. The molecule has 1 aliphatic rings. The van der Waals surface area contributed by atoms with Gasteiger partial charge in [-0.1, -0.05) is 12.1 Å². The van der Waals surface area contributed by atoms with Crippen LogP contribution in [0.2, 0.25) is 0 Å². The average molecular weight is 280 g/mol. The Bertz CT molecular complexity index is 427. The monoisotopic (exact) mass is 280 g/mol. The molecule has 112 valence electrons. The second kappa shape index (κ2) is 7.40. The molecule has 1 aliphatic heterocycles. The van der Waals surface area contributed by atoms with E-state index >= 15 is 0 Å². The SMILES string of the molecule is CCCN(CC(=O)Nc1cc(C)no1)C1CCNCC1. The van der Waals surface area contributed by atoms with Crippen LogP contribution in [0.3, 0.4) is 0 Å². The van der Waals surface area contributed by atoms with E-state index < -0.39 is 0 Å². The summed E-state index contributed by atoms with van der Waals surface area (Å²) in [7, 11) is 0. The van der Waals surface area contributed by atoms with E-state index in [0.29, 0.717) is 18.5 Å². The summed E-state index contributed by atoms with van der Waals surface area (Å²) in [6, 6.07) is 2.23. The van der Waals surface area contributed by atoms with Gasteiger partial charge in [0.15, 0.2) is 0 Å². The minimum absolute atomic E-state index is 0.0341. The third kappa shape index (κ3) is 4.31. The second-order valence-electron chi connectivity index (χ2n) is 5.33. The molecule has 1 amide bonds. The van der Waals surface area contributed by atoms with Gasteiger partial charge in [0.1, 0.15) is 0 Å². The molecule has 0 atom stereocenters. The van der Waals surface area contributed by atoms with Crippen molar-refractivity contribution in [2.24, 2.45) is 0 Å². The molecule has 0 aromatic carbocycles. The van der Waals surface area contributed by atoms with Gasteiger partial charge >= 0.3 is 0 Å². The van der Waals surface area contributed by atoms with E-state index in [2.05, 4.69) is 27.6 Å². The van der Waals surface area contributed by atoms with Crippen molar-refractivity contribution in [3.05, 3.63) is 11.8 Å². The van der Waals surface area contributed by atoms with Gasteiger partial charge in [0.05, 0.1) is 12.2 Å². The predicted octanol–water partition coefficient (Wildman–Crippen LogP) is 1.39. The molecule has 20 heavy (non-hydrogen) atoms. The zero-order valence-corrected chi connectivity index (χ0v) is 12.3. The van der Waals surface area contributed by atoms with Crippen molar-refractivity contribution in [3.8, 4) is 0 Å². The lowest BCUT2D eigenvalue weighted by molar-refractivity contribution is -0.118. The molecular formula is C14H24N4O2. The number of rotatable bonds is 6. The maximum atomic E-state index is 12.1. The van der Waals surface area contributed by atoms with Gasteiger partial charge in [0, 0.05) is 12.1 Å². The molecule has 0 radical (unpaired) electrons. The first-order valence-corrected chi connectivity index (χ1v) is 7.37. The van der Waals surface area contributed by atoms with Gasteiger partial charge < -0.3 is 9.84 Å². The number of nitrogens with zero attached hydrogens (tertiary/aromatic N) is 2. The highest BCUT2D eigenvalue weighted by atomic mass is 16.5. The molecule has 1 aromatic heterocycles. The van der Waals surface area contributed by atoms with Crippen LogP contribution >= 0.6 is 0 Å². The van der Waals surface area contributed by atoms with Gasteiger partial charge in [-0.15, -0.1) is 0 Å². The Labute approximate surface area is 119 Å². The summed E-state index contributed by atoms with van der Waals surface area (Å²) in [5.41, 5.74) is 0.768. The molecule has 1 aromatic rings. The number of carbonyl (C=O) groups excluding carboxylic acids is 1. The normalized spacial score (nSPS) is 16.6. The van der Waals surface area contributed by atoms with Gasteiger partial charge in [0.2, 0.25) is 11.8 Å². The number of carbonyl (C=O) groups is 1. The largest absolute Gasteiger partial charge is 0.338 e. The highest BCUT2D eigenvalue weighted by Gasteiger charge is 2.22. The van der Waals surface area contributed by atoms with E-state index in [1.807, 2.05) is 6.92 Å². The smallest absolute Gasteiger partial charge is 0.240 e. The Morgan fingerprint density at radius 2 is 2.30 bits per heavy atom. The molecule has 2 N–H and O–H groups in total. The number of aryl methyl sites for hydroxylation is 1. The van der Waals surface area contributed by atoms with E-state index in [0.717, 1.165) is 44.6 Å². The number of nitrogens with one attached hydrogen (secondary N) is 2. The van der Waals surface area contributed by atoms with Crippen molar-refractivity contribution in [1.29, 1.82) is 0 Å². The summed E-state index contributed by atoms with van der Waals surface area (Å²) >= 11 is 0. The van der Waals surface area contributed by atoms with E-state index in [9.17, 15) is 4.79 Å². The fourth-order valence-electron chi connectivity index (χ4n) is 2.63. The lowest BCUT2D eigenvalue weighted by atomic mass is 10.0. The lowest BCUT2D eigenvalue weighted by Crippen LogP contribution is -2.46. The minimum atomic E-state index is -0.0341. The highest BCUT2D eigenvalue weighted by Crippen LogP contribution is 2.13. The number of aromatic nitrogens is 1. The fraction of sp³-hybridized carbons (Fsp3) is 0.714. The van der Waals surface area contributed by atoms with Crippen LogP contribution in [0, 0.1) is 6.92 Å². The average Bonchev–Trinajstić information content (AvgIpc) is 2.84. The second-order valence-corrected chi connectivity index (χ2v) is 5.33. The summed E-state index contributed by atoms with van der Waals surface area (Å²) in [5, 5.41) is 9.89. The molecule has 0 saturated carbocycles. The molecule has 0 aliphatic carbocycles. The quantitative estimate of drug-likeness (QED) is 0.824. The fourth-order valence-corrected chi connectivity index (χ4v) is 2.63. The van der Waals surface area contributed by atoms with E-state index in [4.69, 9.17) is 4.52 Å². The lowest BCUT2D eigenvalue weighted by Gasteiger charge is -2.33. The zero-order chi connectivity index (χ0) is 14.4. The van der Waals surface area contributed by atoms with Gasteiger partial charge in [0.25, 0.3) is 0 Å². The van der Waals surface area contributed by atoms with Crippen molar-refractivity contribution in [2.45, 2.75) is 39.2 Å². The number of anilines is 1. The minimum Gasteiger partial charge on any atom is -0.338 e. The molecule has 0 bridgehead atoms. The van der Waals surface area contributed by atoms with Crippen LogP contribution in [0.5, 0.6) is 0 Å². The van der Waals surface area contributed by atoms with Crippen LogP contribution in [-0.2, 0) is 4.79 Å². The molecule has 0 spiro atoms. The number of hydrogen-bond acceptors (Lipinski definition) is 5. The van der Waals surface area contributed by atoms with Crippen molar-refractivity contribution in [3.63, 3.8) is 0 Å². The molecule has 2 rings (SSSR count). The highest BCUT2D eigenvalue weighted by molar-refractivity contribution is 5.90. The van der Waals surface area contributed by atoms with Crippen molar-refractivity contribution in [2.75, 3.05) is 31.5 Å². The Balaban J connectivity index is 1.87. The summed E-state index contributed by atoms with van der Waals surface area (Å²) < 4.78 is 5.01. The molecule has 1 fully saturated rings. The Hall–Kier alpha value is -1.40. The summed E-state index contributed by atoms with van der Waals surface area (Å²) in [6.45, 7) is 7.41. The van der Waals surface area contributed by atoms with E-state index in [1.54, 1.807) is 6.07 Å². The van der Waals surface area contributed by atoms with Crippen molar-refractivity contribution in [1.82, 2.24) is 15.4 Å². The first-order valence-electron chi connectivity index (χ1n) is 7.37. The Kier molecular flexibility index (Phi) is 5.55. The molecule has 1 saturated heterocycles. The topological polar surface area (TPSA) is 70.4 Å². The third-order valence-corrected chi connectivity index (χ3v) is 3.57. The van der Waals surface area contributed by atoms with Crippen LogP contribution in [0.25, 0.3) is 0 Å². The molecule has 0 unspecified atom stereocenters. The zero-order valence-electron chi connectivity index (χ0n) is 12.3. The predicted molar refractivity (Wildman–Crippen MR) is 77.6 cm³/mol. The molecule has 6 nitrogen and oxygen atoms in total. The first-order chi connectivity index (χ1) is 9.69. The summed E-state index contributed by atoms with van der Waals surface area (Å²) in [4.78, 5) is 14.4. The first kappa shape index (κ1) is 15.0. The molecule has 6 heteroatoms. The summed E-state index contributed by atoms with van der Waals surface area (Å²) in [6.07, 6.45) is 3.27. The van der Waals surface area contributed by atoms with Gasteiger partial charge in [-0.2, -0.15) is 0 Å². The van der Waals surface area contributed by atoms with Crippen molar-refractivity contribution >= 4 is 11.8 Å². The van der Waals surface area contributed by atoms with Crippen molar-refractivity contribution < 1.29 is 9.32 Å². The Morgan fingerprint density at radius 3 is 2.90 bits per heavy atom. The van der Waals surface area contributed by atoms with E-state index in [-0.39, 0.29) is 5.91 Å².